The summed E-state index contributed by atoms with van der Waals surface area (Å²) >= 11 is 0. The van der Waals surface area contributed by atoms with Crippen LogP contribution in [0.25, 0.3) is 33.6 Å². The molecule has 1 aliphatic rings. The Morgan fingerprint density at radius 2 is 1.91 bits per heavy atom. The van der Waals surface area contributed by atoms with Gasteiger partial charge in [0.15, 0.2) is 5.58 Å². The Hall–Kier alpha value is -4.15. The van der Waals surface area contributed by atoms with Gasteiger partial charge in [-0.2, -0.15) is 5.26 Å². The molecule has 7 heteroatoms. The van der Waals surface area contributed by atoms with Crippen molar-refractivity contribution in [2.75, 3.05) is 32.1 Å². The fourth-order valence-electron chi connectivity index (χ4n) is 4.54. The lowest BCUT2D eigenvalue weighted by Crippen LogP contribution is -2.31. The zero-order chi connectivity index (χ0) is 23.8. The summed E-state index contributed by atoms with van der Waals surface area (Å²) in [5.41, 5.74) is 5.66. The molecule has 2 aromatic heterocycles. The predicted octanol–water partition coefficient (Wildman–Crippen LogP) is 4.87. The molecule has 2 aromatic carbocycles. The zero-order valence-corrected chi connectivity index (χ0v) is 19.0. The topological polar surface area (TPSA) is 93.6 Å². The molecule has 0 radical (unpaired) electrons. The molecule has 1 N–H and O–H groups in total. The van der Waals surface area contributed by atoms with Gasteiger partial charge in [0.2, 0.25) is 0 Å². The molecule has 1 aliphatic heterocycles. The Labute approximate surface area is 197 Å². The summed E-state index contributed by atoms with van der Waals surface area (Å²) in [7, 11) is 4.19. The minimum atomic E-state index is -0.969. The van der Waals surface area contributed by atoms with E-state index in [9.17, 15) is 10.1 Å². The molecule has 0 unspecified atom stereocenters. The SMILES string of the molecule is CN(C)[C@@H]1CCN(c2ccc(-c3ccnc4cc(-c5ccc(C(=O)O)cc5)oc34)cc2C#N)C1. The zero-order valence-electron chi connectivity index (χ0n) is 19.0. The first-order valence-electron chi connectivity index (χ1n) is 11.1. The average molecular weight is 453 g/mol. The highest BCUT2D eigenvalue weighted by molar-refractivity contribution is 5.93. The molecule has 3 heterocycles. The van der Waals surface area contributed by atoms with Crippen LogP contribution in [0.5, 0.6) is 0 Å². The number of aromatic carboxylic acids is 1. The van der Waals surface area contributed by atoms with Gasteiger partial charge >= 0.3 is 5.97 Å². The molecule has 1 saturated heterocycles. The third-order valence-electron chi connectivity index (χ3n) is 6.49. The van der Waals surface area contributed by atoms with Crippen LogP contribution >= 0.6 is 0 Å². The Kier molecular flexibility index (Phi) is 5.52. The molecule has 5 rings (SSSR count). The highest BCUT2D eigenvalue weighted by Crippen LogP contribution is 2.36. The molecular weight excluding hydrogens is 428 g/mol. The minimum absolute atomic E-state index is 0.220. The number of fused-ring (bicyclic) bond motifs is 1. The maximum atomic E-state index is 11.1. The first-order valence-corrected chi connectivity index (χ1v) is 11.1. The number of benzene rings is 2. The number of nitriles is 1. The lowest BCUT2D eigenvalue weighted by atomic mass is 10.0. The van der Waals surface area contributed by atoms with Gasteiger partial charge in [-0.05, 0) is 56.4 Å². The van der Waals surface area contributed by atoms with E-state index in [1.54, 1.807) is 30.5 Å². The van der Waals surface area contributed by atoms with Gasteiger partial charge in [-0.15, -0.1) is 0 Å². The fourth-order valence-corrected chi connectivity index (χ4v) is 4.54. The third kappa shape index (κ3) is 3.89. The van der Waals surface area contributed by atoms with Crippen LogP contribution in [0, 0.1) is 11.3 Å². The number of furan rings is 1. The van der Waals surface area contributed by atoms with Crippen LogP contribution < -0.4 is 4.90 Å². The summed E-state index contributed by atoms with van der Waals surface area (Å²) in [6, 6.07) is 19.1. The molecule has 1 atom stereocenters. The van der Waals surface area contributed by atoms with E-state index in [0.717, 1.165) is 41.9 Å². The van der Waals surface area contributed by atoms with E-state index in [1.807, 2.05) is 30.3 Å². The van der Waals surface area contributed by atoms with Crippen molar-refractivity contribution in [1.82, 2.24) is 9.88 Å². The lowest BCUT2D eigenvalue weighted by molar-refractivity contribution is 0.0697. The number of hydrogen-bond donors (Lipinski definition) is 1. The van der Waals surface area contributed by atoms with E-state index in [0.29, 0.717) is 28.5 Å². The van der Waals surface area contributed by atoms with Crippen LogP contribution in [0.1, 0.15) is 22.3 Å². The summed E-state index contributed by atoms with van der Waals surface area (Å²) in [5, 5.41) is 19.0. The van der Waals surface area contributed by atoms with E-state index in [4.69, 9.17) is 9.52 Å². The maximum absolute atomic E-state index is 11.1. The van der Waals surface area contributed by atoms with Crippen LogP contribution in [0.15, 0.2) is 65.2 Å². The summed E-state index contributed by atoms with van der Waals surface area (Å²) in [4.78, 5) is 20.1. The molecule has 0 bridgehead atoms. The first kappa shape index (κ1) is 21.7. The number of likely N-dealkylation sites (N-methyl/N-ethyl adjacent to an activating group) is 1. The Morgan fingerprint density at radius 1 is 1.15 bits per heavy atom. The standard InChI is InChI=1S/C27H24N4O3/c1-30(2)21-10-12-31(16-21)24-8-7-19(13-20(24)15-28)22-9-11-29-23-14-25(34-26(22)23)17-3-5-18(6-4-17)27(32)33/h3-9,11,13-14,21H,10,12,16H2,1-2H3,(H,32,33)/t21-/m1/s1. The molecule has 4 aromatic rings. The fraction of sp³-hybridized carbons (Fsp3) is 0.222. The normalized spacial score (nSPS) is 15.7. The molecule has 1 fully saturated rings. The van der Waals surface area contributed by atoms with Crippen LogP contribution in [0.3, 0.4) is 0 Å². The van der Waals surface area contributed by atoms with Crippen molar-refractivity contribution >= 4 is 22.8 Å². The summed E-state index contributed by atoms with van der Waals surface area (Å²) in [6.07, 6.45) is 2.81. The Morgan fingerprint density at radius 3 is 2.59 bits per heavy atom. The highest BCUT2D eigenvalue weighted by Gasteiger charge is 2.26. The number of carboxylic acid groups (broad SMARTS) is 1. The molecule has 0 amide bonds. The quantitative estimate of drug-likeness (QED) is 0.462. The summed E-state index contributed by atoms with van der Waals surface area (Å²) in [5.74, 6) is -0.362. The monoisotopic (exact) mass is 452 g/mol. The number of anilines is 1. The van der Waals surface area contributed by atoms with Crippen molar-refractivity contribution < 1.29 is 14.3 Å². The van der Waals surface area contributed by atoms with Crippen LogP contribution in [-0.2, 0) is 0 Å². The van der Waals surface area contributed by atoms with Gasteiger partial charge in [-0.25, -0.2) is 4.79 Å². The second-order valence-electron chi connectivity index (χ2n) is 8.76. The maximum Gasteiger partial charge on any atom is 0.335 e. The molecule has 170 valence electrons. The van der Waals surface area contributed by atoms with Crippen LogP contribution in [0.4, 0.5) is 5.69 Å². The lowest BCUT2D eigenvalue weighted by Gasteiger charge is -2.23. The smallest absolute Gasteiger partial charge is 0.335 e. The molecule has 7 nitrogen and oxygen atoms in total. The third-order valence-corrected chi connectivity index (χ3v) is 6.49. The summed E-state index contributed by atoms with van der Waals surface area (Å²) < 4.78 is 6.18. The van der Waals surface area contributed by atoms with E-state index in [2.05, 4.69) is 34.9 Å². The number of rotatable bonds is 5. The van der Waals surface area contributed by atoms with Gasteiger partial charge in [0, 0.05) is 42.5 Å². The molecule has 0 aliphatic carbocycles. The Bertz CT molecular complexity index is 1420. The van der Waals surface area contributed by atoms with E-state index in [-0.39, 0.29) is 5.56 Å². The van der Waals surface area contributed by atoms with Gasteiger partial charge in [0.25, 0.3) is 0 Å². The second kappa shape index (κ2) is 8.65. The van der Waals surface area contributed by atoms with Gasteiger partial charge in [0.1, 0.15) is 17.3 Å². The number of carboxylic acids is 1. The van der Waals surface area contributed by atoms with Crippen LogP contribution in [-0.4, -0.2) is 54.2 Å². The van der Waals surface area contributed by atoms with Crippen molar-refractivity contribution in [2.45, 2.75) is 12.5 Å². The number of hydrogen-bond acceptors (Lipinski definition) is 6. The van der Waals surface area contributed by atoms with Crippen molar-refractivity contribution in [3.05, 3.63) is 71.9 Å². The average Bonchev–Trinajstić information content (AvgIpc) is 3.51. The largest absolute Gasteiger partial charge is 0.478 e. The first-order chi connectivity index (χ1) is 16.4. The number of carbonyl (C=O) groups is 1. The van der Waals surface area contributed by atoms with Crippen molar-refractivity contribution in [1.29, 1.82) is 5.26 Å². The van der Waals surface area contributed by atoms with Crippen molar-refractivity contribution in [2.24, 2.45) is 0 Å². The molecular formula is C27H24N4O3. The summed E-state index contributed by atoms with van der Waals surface area (Å²) in [6.45, 7) is 1.83. The second-order valence-corrected chi connectivity index (χ2v) is 8.76. The van der Waals surface area contributed by atoms with Crippen LogP contribution in [0.2, 0.25) is 0 Å². The van der Waals surface area contributed by atoms with Gasteiger partial charge in [-0.1, -0.05) is 18.2 Å². The minimum Gasteiger partial charge on any atom is -0.478 e. The van der Waals surface area contributed by atoms with Gasteiger partial charge in [-0.3, -0.25) is 4.98 Å². The number of aromatic nitrogens is 1. The van der Waals surface area contributed by atoms with Crippen molar-refractivity contribution in [3.63, 3.8) is 0 Å². The van der Waals surface area contributed by atoms with E-state index in [1.165, 1.54) is 0 Å². The molecule has 0 saturated carbocycles. The number of nitrogens with zero attached hydrogens (tertiary/aromatic N) is 4. The molecule has 0 spiro atoms. The molecule has 34 heavy (non-hydrogen) atoms. The van der Waals surface area contributed by atoms with Crippen molar-refractivity contribution in [3.8, 4) is 28.5 Å². The predicted molar refractivity (Wildman–Crippen MR) is 131 cm³/mol. The van der Waals surface area contributed by atoms with Gasteiger partial charge in [0.05, 0.1) is 16.8 Å². The highest BCUT2D eigenvalue weighted by atomic mass is 16.4. The van der Waals surface area contributed by atoms with E-state index < -0.39 is 5.97 Å². The van der Waals surface area contributed by atoms with E-state index >= 15 is 0 Å². The van der Waals surface area contributed by atoms with Gasteiger partial charge < -0.3 is 19.3 Å². The number of pyridine rings is 1. The Balaban J connectivity index is 1.51.